The number of methoxy groups -OCH3 is 2. The van der Waals surface area contributed by atoms with Crippen molar-refractivity contribution in [3.63, 3.8) is 0 Å². The molecule has 0 saturated carbocycles. The molecule has 1 fully saturated rings. The second-order valence-electron chi connectivity index (χ2n) is 7.40. The summed E-state index contributed by atoms with van der Waals surface area (Å²) in [5, 5.41) is 9.32. The fourth-order valence-electron chi connectivity index (χ4n) is 3.66. The molecule has 1 saturated heterocycles. The summed E-state index contributed by atoms with van der Waals surface area (Å²) in [6, 6.07) is 7.57. The van der Waals surface area contributed by atoms with Crippen LogP contribution in [0.4, 0.5) is 5.82 Å². The number of guanidine groups is 1. The molecule has 0 amide bonds. The molecular formula is C21H29N7O4. The fraction of sp³-hybridized carbons (Fsp3) is 0.476. The summed E-state index contributed by atoms with van der Waals surface area (Å²) >= 11 is 0. The molecule has 11 nitrogen and oxygen atoms in total. The molecule has 1 aromatic carbocycles. The number of nitrogens with zero attached hydrogens (tertiary/aromatic N) is 5. The van der Waals surface area contributed by atoms with Crippen LogP contribution in [0, 0.1) is 0 Å². The van der Waals surface area contributed by atoms with Crippen LogP contribution in [-0.4, -0.2) is 80.7 Å². The Hall–Kier alpha value is -3.31. The summed E-state index contributed by atoms with van der Waals surface area (Å²) in [6.45, 7) is 4.73. The molecule has 2 aliphatic rings. The number of ether oxygens (including phenoxy) is 4. The van der Waals surface area contributed by atoms with Crippen LogP contribution >= 0.6 is 0 Å². The van der Waals surface area contributed by atoms with E-state index in [4.69, 9.17) is 24.7 Å². The standard InChI is InChI=1S/C21H29N7O4/c1-29-16-4-3-15(11-17(16)30-2)12-19-25-21(22)26-28(19)18-13-20(24-14-23-18)32-10-7-27-5-8-31-9-6-27/h3-4,11,13-14,19H,5-10,12H2,1-2H3,(H3,22,25,26). The van der Waals surface area contributed by atoms with Gasteiger partial charge in [0.05, 0.1) is 27.4 Å². The van der Waals surface area contributed by atoms with Crippen molar-refractivity contribution in [3.8, 4) is 17.4 Å². The van der Waals surface area contributed by atoms with Crippen LogP contribution in [0.15, 0.2) is 35.7 Å². The van der Waals surface area contributed by atoms with Gasteiger partial charge in [-0.2, -0.15) is 0 Å². The number of nitrogens with two attached hydrogens (primary N) is 1. The molecule has 2 aromatic rings. The maximum atomic E-state index is 5.97. The van der Waals surface area contributed by atoms with Gasteiger partial charge in [-0.15, -0.1) is 5.10 Å². The smallest absolute Gasteiger partial charge is 0.218 e. The number of hydrogen-bond donors (Lipinski definition) is 2. The molecule has 4 rings (SSSR count). The van der Waals surface area contributed by atoms with Gasteiger partial charge in [-0.25, -0.2) is 15.0 Å². The third-order valence-electron chi connectivity index (χ3n) is 5.33. The van der Waals surface area contributed by atoms with E-state index in [1.807, 2.05) is 18.2 Å². The monoisotopic (exact) mass is 443 g/mol. The third kappa shape index (κ3) is 5.29. The fourth-order valence-corrected chi connectivity index (χ4v) is 3.66. The van der Waals surface area contributed by atoms with Gasteiger partial charge in [-0.3, -0.25) is 4.90 Å². The van der Waals surface area contributed by atoms with Crippen molar-refractivity contribution in [2.45, 2.75) is 12.6 Å². The highest BCUT2D eigenvalue weighted by Gasteiger charge is 2.27. The zero-order valence-corrected chi connectivity index (χ0v) is 18.4. The lowest BCUT2D eigenvalue weighted by Crippen LogP contribution is -2.42. The number of morpholine rings is 1. The van der Waals surface area contributed by atoms with Gasteiger partial charge in [-0.05, 0) is 17.7 Å². The lowest BCUT2D eigenvalue weighted by Gasteiger charge is -2.26. The van der Waals surface area contributed by atoms with E-state index in [-0.39, 0.29) is 6.17 Å². The normalized spacial score (nSPS) is 18.8. The molecule has 172 valence electrons. The summed E-state index contributed by atoms with van der Waals surface area (Å²) < 4.78 is 22.0. The molecule has 32 heavy (non-hydrogen) atoms. The second kappa shape index (κ2) is 10.3. The Morgan fingerprint density at radius 1 is 1.12 bits per heavy atom. The van der Waals surface area contributed by atoms with Crippen LogP contribution in [0.2, 0.25) is 0 Å². The average Bonchev–Trinajstić information content (AvgIpc) is 3.19. The number of aromatic nitrogens is 2. The minimum absolute atomic E-state index is 0.218. The molecule has 1 aromatic heterocycles. The van der Waals surface area contributed by atoms with Gasteiger partial charge in [-0.1, -0.05) is 6.07 Å². The molecule has 3 N–H and O–H groups in total. The van der Waals surface area contributed by atoms with Crippen molar-refractivity contribution in [2.75, 3.05) is 58.7 Å². The first kappa shape index (κ1) is 21.9. The summed E-state index contributed by atoms with van der Waals surface area (Å²) in [5.74, 6) is 2.76. The molecule has 1 atom stereocenters. The maximum Gasteiger partial charge on any atom is 0.218 e. The van der Waals surface area contributed by atoms with Gasteiger partial charge in [0.2, 0.25) is 11.8 Å². The number of hydrazone groups is 1. The Labute approximate surface area is 187 Å². The van der Waals surface area contributed by atoms with Crippen molar-refractivity contribution >= 4 is 11.8 Å². The summed E-state index contributed by atoms with van der Waals surface area (Å²) in [5.41, 5.74) is 7.00. The van der Waals surface area contributed by atoms with Gasteiger partial charge < -0.3 is 30.0 Å². The summed E-state index contributed by atoms with van der Waals surface area (Å²) in [6.07, 6.45) is 1.86. The Kier molecular flexibility index (Phi) is 7.07. The highest BCUT2D eigenvalue weighted by atomic mass is 16.5. The van der Waals surface area contributed by atoms with E-state index >= 15 is 0 Å². The second-order valence-corrected chi connectivity index (χ2v) is 7.40. The number of benzene rings is 1. The minimum Gasteiger partial charge on any atom is -0.493 e. The first-order chi connectivity index (χ1) is 15.7. The molecule has 0 radical (unpaired) electrons. The first-order valence-corrected chi connectivity index (χ1v) is 10.5. The van der Waals surface area contributed by atoms with Crippen molar-refractivity contribution in [1.82, 2.24) is 20.2 Å². The Bertz CT molecular complexity index is 936. The minimum atomic E-state index is -0.218. The molecule has 0 bridgehead atoms. The van der Waals surface area contributed by atoms with Gasteiger partial charge in [0, 0.05) is 32.1 Å². The number of nitrogens with one attached hydrogen (secondary N) is 1. The van der Waals surface area contributed by atoms with E-state index in [2.05, 4.69) is 25.3 Å². The maximum absolute atomic E-state index is 5.97. The Balaban J connectivity index is 1.41. The highest BCUT2D eigenvalue weighted by molar-refractivity contribution is 5.82. The van der Waals surface area contributed by atoms with Crippen molar-refractivity contribution in [3.05, 3.63) is 36.2 Å². The lowest BCUT2D eigenvalue weighted by molar-refractivity contribution is 0.0320. The van der Waals surface area contributed by atoms with Crippen LogP contribution in [-0.2, 0) is 11.2 Å². The molecule has 0 spiro atoms. The van der Waals surface area contributed by atoms with Gasteiger partial charge in [0.1, 0.15) is 19.1 Å². The number of rotatable bonds is 9. The SMILES string of the molecule is COc1ccc(CC2NC(N)=NN2c2cc(OCCN3CCOCC3)ncn2)cc1OC. The van der Waals surface area contributed by atoms with Crippen molar-refractivity contribution in [1.29, 1.82) is 0 Å². The summed E-state index contributed by atoms with van der Waals surface area (Å²) in [4.78, 5) is 10.9. The molecule has 11 heteroatoms. The van der Waals surface area contributed by atoms with E-state index in [0.717, 1.165) is 38.4 Å². The van der Waals surface area contributed by atoms with E-state index in [0.29, 0.717) is 42.2 Å². The molecule has 3 heterocycles. The largest absolute Gasteiger partial charge is 0.493 e. The Morgan fingerprint density at radius 2 is 1.94 bits per heavy atom. The quantitative estimate of drug-likeness (QED) is 0.564. The predicted molar refractivity (Wildman–Crippen MR) is 119 cm³/mol. The van der Waals surface area contributed by atoms with Gasteiger partial charge in [0.15, 0.2) is 17.3 Å². The predicted octanol–water partition coefficient (Wildman–Crippen LogP) is 0.413. The topological polar surface area (TPSA) is 120 Å². The first-order valence-electron chi connectivity index (χ1n) is 10.5. The van der Waals surface area contributed by atoms with E-state index in [1.54, 1.807) is 25.3 Å². The summed E-state index contributed by atoms with van der Waals surface area (Å²) in [7, 11) is 3.23. The highest BCUT2D eigenvalue weighted by Crippen LogP contribution is 2.29. The van der Waals surface area contributed by atoms with Crippen molar-refractivity contribution in [2.24, 2.45) is 10.8 Å². The number of anilines is 1. The molecule has 2 aliphatic heterocycles. The average molecular weight is 444 g/mol. The zero-order chi connectivity index (χ0) is 22.3. The van der Waals surface area contributed by atoms with Gasteiger partial charge >= 0.3 is 0 Å². The number of hydrogen-bond acceptors (Lipinski definition) is 11. The Morgan fingerprint density at radius 3 is 2.72 bits per heavy atom. The third-order valence-corrected chi connectivity index (χ3v) is 5.33. The lowest BCUT2D eigenvalue weighted by atomic mass is 10.1. The van der Waals surface area contributed by atoms with Crippen molar-refractivity contribution < 1.29 is 18.9 Å². The van der Waals surface area contributed by atoms with E-state index in [1.165, 1.54) is 6.33 Å². The molecule has 1 unspecified atom stereocenters. The van der Waals surface area contributed by atoms with Crippen LogP contribution in [0.1, 0.15) is 5.56 Å². The van der Waals surface area contributed by atoms with E-state index < -0.39 is 0 Å². The van der Waals surface area contributed by atoms with Crippen LogP contribution < -0.4 is 30.3 Å². The van der Waals surface area contributed by atoms with Gasteiger partial charge in [0.25, 0.3) is 0 Å². The zero-order valence-electron chi connectivity index (χ0n) is 18.4. The molecule has 0 aliphatic carbocycles. The molecular weight excluding hydrogens is 414 g/mol. The van der Waals surface area contributed by atoms with E-state index in [9.17, 15) is 0 Å². The van der Waals surface area contributed by atoms with Crippen LogP contribution in [0.5, 0.6) is 17.4 Å². The van der Waals surface area contributed by atoms with Crippen LogP contribution in [0.25, 0.3) is 0 Å². The van der Waals surface area contributed by atoms with Crippen LogP contribution in [0.3, 0.4) is 0 Å².